The molecule has 0 aliphatic carbocycles. The summed E-state index contributed by atoms with van der Waals surface area (Å²) in [5, 5.41) is 5.02. The highest BCUT2D eigenvalue weighted by atomic mass is 19.1. The lowest BCUT2D eigenvalue weighted by Gasteiger charge is -2.31. The zero-order valence-corrected chi connectivity index (χ0v) is 25.3. The maximum atomic E-state index is 16.9. The first-order valence-corrected chi connectivity index (χ1v) is 15.9. The van der Waals surface area contributed by atoms with Gasteiger partial charge in [-0.25, -0.2) is 13.6 Å². The molecule has 4 aromatic rings. The van der Waals surface area contributed by atoms with E-state index in [4.69, 9.17) is 19.2 Å². The van der Waals surface area contributed by atoms with Crippen molar-refractivity contribution in [3.8, 4) is 17.3 Å². The number of benzene rings is 2. The van der Waals surface area contributed by atoms with Gasteiger partial charge in [0.2, 0.25) is 0 Å². The van der Waals surface area contributed by atoms with E-state index in [2.05, 4.69) is 20.2 Å². The van der Waals surface area contributed by atoms with Gasteiger partial charge in [0, 0.05) is 26.2 Å². The third-order valence-corrected chi connectivity index (χ3v) is 9.57. The van der Waals surface area contributed by atoms with Gasteiger partial charge < -0.3 is 19.1 Å². The molecule has 0 saturated carbocycles. The normalized spacial score (nSPS) is 23.4. The fourth-order valence-corrected chi connectivity index (χ4v) is 7.48. The highest BCUT2D eigenvalue weighted by molar-refractivity contribution is 6.00. The molecule has 0 spiro atoms. The number of hydrogen-bond donors (Lipinski definition) is 1. The van der Waals surface area contributed by atoms with Gasteiger partial charge in [-0.15, -0.1) is 0 Å². The van der Waals surface area contributed by atoms with Crippen molar-refractivity contribution < 1.29 is 29.2 Å². The molecule has 9 rings (SSSR count). The fourth-order valence-electron chi connectivity index (χ4n) is 7.48. The number of aromatic nitrogens is 3. The maximum Gasteiger partial charge on any atom is 0.411 e. The number of fused-ring (bicyclic) bond motifs is 7. The molecule has 5 aliphatic heterocycles. The number of hydrogen-bond acceptors (Lipinski definition) is 9. The van der Waals surface area contributed by atoms with Crippen molar-refractivity contribution in [1.29, 1.82) is 0 Å². The minimum absolute atomic E-state index is 0. The number of pyridine rings is 1. The van der Waals surface area contributed by atoms with Gasteiger partial charge in [-0.05, 0) is 48.6 Å². The summed E-state index contributed by atoms with van der Waals surface area (Å²) < 4.78 is 48.8. The predicted molar refractivity (Wildman–Crippen MR) is 170 cm³/mol. The van der Waals surface area contributed by atoms with Crippen molar-refractivity contribution in [1.82, 2.24) is 25.2 Å². The van der Waals surface area contributed by atoms with E-state index in [0.29, 0.717) is 61.4 Å². The van der Waals surface area contributed by atoms with Crippen LogP contribution in [-0.2, 0) is 15.9 Å². The van der Waals surface area contributed by atoms with Crippen LogP contribution in [-0.4, -0.2) is 83.7 Å². The van der Waals surface area contributed by atoms with E-state index in [1.54, 1.807) is 6.20 Å². The highest BCUT2D eigenvalue weighted by Gasteiger charge is 2.49. The van der Waals surface area contributed by atoms with Gasteiger partial charge in [0.15, 0.2) is 5.82 Å². The summed E-state index contributed by atoms with van der Waals surface area (Å²) in [5.74, 6) is -0.190. The highest BCUT2D eigenvalue weighted by Crippen LogP contribution is 2.41. The molecular formula is C34H36F2N6O4. The summed E-state index contributed by atoms with van der Waals surface area (Å²) in [6.45, 7) is 2.51. The number of halogens is 2. The molecule has 2 atom stereocenters. The van der Waals surface area contributed by atoms with Crippen LogP contribution >= 0.6 is 0 Å². The van der Waals surface area contributed by atoms with Crippen molar-refractivity contribution in [2.45, 2.75) is 43.8 Å². The number of rotatable bonds is 3. The van der Waals surface area contributed by atoms with Gasteiger partial charge in [-0.1, -0.05) is 36.4 Å². The lowest BCUT2D eigenvalue weighted by Crippen LogP contribution is -2.43. The Labute approximate surface area is 265 Å². The van der Waals surface area contributed by atoms with Gasteiger partial charge in [0.25, 0.3) is 0 Å². The Kier molecular flexibility index (Phi) is 7.31. The van der Waals surface area contributed by atoms with Crippen LogP contribution in [0.5, 0.6) is 6.01 Å². The molecule has 5 aliphatic rings. The molecule has 2 aromatic carbocycles. The topological polar surface area (TPSA) is 102 Å². The van der Waals surface area contributed by atoms with E-state index in [9.17, 15) is 9.18 Å². The van der Waals surface area contributed by atoms with E-state index in [1.807, 2.05) is 41.3 Å². The van der Waals surface area contributed by atoms with Crippen LogP contribution in [0.15, 0.2) is 54.6 Å². The van der Waals surface area contributed by atoms with Crippen LogP contribution in [0.1, 0.15) is 32.7 Å². The number of nitrogens with one attached hydrogen (secondary N) is 1. The number of amides is 1. The van der Waals surface area contributed by atoms with Crippen LogP contribution < -0.4 is 15.0 Å². The average Bonchev–Trinajstić information content (AvgIpc) is 3.48. The standard InChI is InChI=1S/C34H34F2N6O4.H2/c35-23-15-34(10-4-11-42(34)17-23)20-46-32-39-30-26-16-37-29(28(30)36)25-9-2-7-21-5-1-6-22(27(21)25)8-3-13-45-33(43)38-24-18-41(31(26)40-32)12-14-44-19-24;/h1-2,5-7,9,16,19,23H,3-4,8,10-15,17-18,20H2,(H,38,43);1H/t23-,34+;/m1./s1. The summed E-state index contributed by atoms with van der Waals surface area (Å²) in [6.07, 6.45) is 4.96. The third kappa shape index (κ3) is 5.14. The molecule has 12 heteroatoms. The average molecular weight is 631 g/mol. The summed E-state index contributed by atoms with van der Waals surface area (Å²) in [4.78, 5) is 30.8. The molecule has 0 unspecified atom stereocenters. The largest absolute Gasteiger partial charge is 0.497 e. The number of carbonyl (C=O) groups excluding carboxylic acids is 1. The molecule has 2 aromatic heterocycles. The molecule has 1 N–H and O–H groups in total. The Morgan fingerprint density at radius 1 is 1.13 bits per heavy atom. The van der Waals surface area contributed by atoms with E-state index >= 15 is 4.39 Å². The summed E-state index contributed by atoms with van der Waals surface area (Å²) in [6, 6.07) is 11.7. The second-order valence-electron chi connectivity index (χ2n) is 12.5. The second-order valence-corrected chi connectivity index (χ2v) is 12.5. The molecular weight excluding hydrogens is 594 g/mol. The first-order valence-electron chi connectivity index (χ1n) is 15.9. The van der Waals surface area contributed by atoms with Crippen LogP contribution in [0.2, 0.25) is 0 Å². The van der Waals surface area contributed by atoms with Gasteiger partial charge in [-0.3, -0.25) is 15.2 Å². The molecule has 2 fully saturated rings. The number of aryl methyl sites for hydroxylation is 1. The van der Waals surface area contributed by atoms with Gasteiger partial charge in [-0.2, -0.15) is 9.97 Å². The lowest BCUT2D eigenvalue weighted by molar-refractivity contribution is 0.107. The Balaban J connectivity index is 0.00000351. The minimum atomic E-state index is -0.911. The second kappa shape index (κ2) is 11.7. The van der Waals surface area contributed by atoms with Crippen molar-refractivity contribution in [3.05, 3.63) is 65.9 Å². The third-order valence-electron chi connectivity index (χ3n) is 9.57. The van der Waals surface area contributed by atoms with Crippen molar-refractivity contribution in [2.75, 3.05) is 50.9 Å². The smallest absolute Gasteiger partial charge is 0.411 e. The molecule has 46 heavy (non-hydrogen) atoms. The SMILES string of the molecule is O=C1NC2=COCCN(C2)c2nc(OC[C@@]34CCCN3C[C@H](F)C4)nc3c(F)c(ncc23)-c2cccc3cccc(c23)CCCO1.[HH]. The molecule has 10 nitrogen and oxygen atoms in total. The molecule has 1 amide bonds. The van der Waals surface area contributed by atoms with Crippen LogP contribution in [0.25, 0.3) is 32.9 Å². The monoisotopic (exact) mass is 630 g/mol. The Morgan fingerprint density at radius 3 is 2.93 bits per heavy atom. The summed E-state index contributed by atoms with van der Waals surface area (Å²) in [7, 11) is 0. The number of ether oxygens (including phenoxy) is 3. The van der Waals surface area contributed by atoms with Gasteiger partial charge >= 0.3 is 12.1 Å². The summed E-state index contributed by atoms with van der Waals surface area (Å²) >= 11 is 0. The molecule has 240 valence electrons. The zero-order valence-electron chi connectivity index (χ0n) is 25.3. The van der Waals surface area contributed by atoms with Crippen LogP contribution in [0.3, 0.4) is 0 Å². The number of alkyl halides is 1. The number of anilines is 1. The van der Waals surface area contributed by atoms with Crippen molar-refractivity contribution >= 4 is 33.6 Å². The van der Waals surface area contributed by atoms with Crippen molar-refractivity contribution in [3.63, 3.8) is 0 Å². The molecule has 2 saturated heterocycles. The lowest BCUT2D eigenvalue weighted by atomic mass is 9.94. The Bertz CT molecular complexity index is 1870. The van der Waals surface area contributed by atoms with E-state index < -0.39 is 23.6 Å². The van der Waals surface area contributed by atoms with E-state index in [1.165, 1.54) is 6.26 Å². The first kappa shape index (κ1) is 28.9. The van der Waals surface area contributed by atoms with E-state index in [0.717, 1.165) is 35.7 Å². The minimum Gasteiger partial charge on any atom is -0.497 e. The summed E-state index contributed by atoms with van der Waals surface area (Å²) in [5.41, 5.74) is 1.92. The zero-order chi connectivity index (χ0) is 31.3. The van der Waals surface area contributed by atoms with Crippen LogP contribution in [0, 0.1) is 5.82 Å². The van der Waals surface area contributed by atoms with Gasteiger partial charge in [0.1, 0.15) is 42.7 Å². The molecule has 7 heterocycles. The maximum absolute atomic E-state index is 16.9. The molecule has 6 bridgehead atoms. The predicted octanol–water partition coefficient (Wildman–Crippen LogP) is 5.54. The Hall–Kier alpha value is -4.58. The van der Waals surface area contributed by atoms with Gasteiger partial charge in [0.05, 0.1) is 36.3 Å². The number of alkyl carbamates (subject to hydrolysis) is 1. The Morgan fingerprint density at radius 2 is 2.02 bits per heavy atom. The van der Waals surface area contributed by atoms with Crippen LogP contribution in [0.4, 0.5) is 19.4 Å². The van der Waals surface area contributed by atoms with Crippen molar-refractivity contribution in [2.24, 2.45) is 0 Å². The molecule has 0 radical (unpaired) electrons. The number of carbonyl (C=O) groups is 1. The fraction of sp³-hybridized carbons (Fsp3) is 0.412. The first-order chi connectivity index (χ1) is 22.5. The quantitative estimate of drug-likeness (QED) is 0.313. The number of nitrogens with zero attached hydrogens (tertiary/aromatic N) is 5. The van der Waals surface area contributed by atoms with E-state index in [-0.39, 0.29) is 38.4 Å².